The average Bonchev–Trinajstić information content (AvgIpc) is 3.72. The van der Waals surface area contributed by atoms with Gasteiger partial charge in [-0.2, -0.15) is 0 Å². The van der Waals surface area contributed by atoms with Crippen molar-refractivity contribution in [2.75, 3.05) is 0 Å². The normalized spacial score (nSPS) is 11.5. The van der Waals surface area contributed by atoms with Crippen molar-refractivity contribution in [3.8, 4) is 19.5 Å². The predicted octanol–water partition coefficient (Wildman–Crippen LogP) is 13.7. The Balaban J connectivity index is 1.74. The van der Waals surface area contributed by atoms with Crippen LogP contribution in [0.15, 0.2) is 23.6 Å². The van der Waals surface area contributed by atoms with Crippen LogP contribution < -0.4 is 0 Å². The second kappa shape index (κ2) is 20.6. The van der Waals surface area contributed by atoms with Gasteiger partial charge in [-0.3, -0.25) is 4.79 Å². The fourth-order valence-electron chi connectivity index (χ4n) is 5.76. The topological polar surface area (TPSA) is 17.1 Å². The SMILES string of the molecule is CCCCCCCCc1csc(-c2sc(-c3sc(C=O)cc3CCCCCCCC)cc2CCCCCCCC)c1. The summed E-state index contributed by atoms with van der Waals surface area (Å²) in [4.78, 5) is 18.3. The fraction of sp³-hybridized carbons (Fsp3) is 0.649. The zero-order chi connectivity index (χ0) is 29.1. The van der Waals surface area contributed by atoms with Crippen LogP contribution in [0.3, 0.4) is 0 Å². The largest absolute Gasteiger partial charge is 0.297 e. The van der Waals surface area contributed by atoms with E-state index in [1.54, 1.807) is 11.3 Å². The van der Waals surface area contributed by atoms with Crippen molar-refractivity contribution in [2.24, 2.45) is 0 Å². The molecule has 0 atom stereocenters. The molecule has 3 heterocycles. The van der Waals surface area contributed by atoms with E-state index in [0.29, 0.717) is 0 Å². The van der Waals surface area contributed by atoms with E-state index in [-0.39, 0.29) is 0 Å². The third-order valence-electron chi connectivity index (χ3n) is 8.27. The first-order chi connectivity index (χ1) is 20.2. The summed E-state index contributed by atoms with van der Waals surface area (Å²) < 4.78 is 0. The van der Waals surface area contributed by atoms with Crippen molar-refractivity contribution in [1.29, 1.82) is 0 Å². The van der Waals surface area contributed by atoms with E-state index >= 15 is 0 Å². The molecule has 3 rings (SSSR count). The van der Waals surface area contributed by atoms with Gasteiger partial charge >= 0.3 is 0 Å². The minimum Gasteiger partial charge on any atom is -0.297 e. The third kappa shape index (κ3) is 12.1. The Morgan fingerprint density at radius 1 is 0.537 bits per heavy atom. The number of carbonyl (C=O) groups is 1. The van der Waals surface area contributed by atoms with E-state index < -0.39 is 0 Å². The lowest BCUT2D eigenvalue weighted by Gasteiger charge is -2.03. The van der Waals surface area contributed by atoms with E-state index in [4.69, 9.17) is 0 Å². The Hall–Kier alpha value is -1.23. The van der Waals surface area contributed by atoms with Gasteiger partial charge in [0.15, 0.2) is 6.29 Å². The number of hydrogen-bond acceptors (Lipinski definition) is 4. The molecule has 0 spiro atoms. The van der Waals surface area contributed by atoms with Gasteiger partial charge in [-0.05, 0) is 78.8 Å². The van der Waals surface area contributed by atoms with Crippen molar-refractivity contribution in [3.05, 3.63) is 45.1 Å². The Morgan fingerprint density at radius 2 is 1.02 bits per heavy atom. The van der Waals surface area contributed by atoms with Gasteiger partial charge in [0.05, 0.1) is 4.88 Å². The third-order valence-corrected chi connectivity index (χ3v) is 11.9. The predicted molar refractivity (Wildman–Crippen MR) is 188 cm³/mol. The molecule has 0 N–H and O–H groups in total. The van der Waals surface area contributed by atoms with Gasteiger partial charge in [0.25, 0.3) is 0 Å². The van der Waals surface area contributed by atoms with Gasteiger partial charge < -0.3 is 0 Å². The molecule has 0 aliphatic carbocycles. The van der Waals surface area contributed by atoms with Crippen molar-refractivity contribution in [1.82, 2.24) is 0 Å². The number of rotatable bonds is 24. The van der Waals surface area contributed by atoms with E-state index in [1.165, 1.54) is 165 Å². The number of aldehydes is 1. The van der Waals surface area contributed by atoms with Crippen LogP contribution in [0.1, 0.15) is 163 Å². The molecule has 41 heavy (non-hydrogen) atoms. The Morgan fingerprint density at radius 3 is 1.59 bits per heavy atom. The summed E-state index contributed by atoms with van der Waals surface area (Å²) in [5.41, 5.74) is 4.44. The standard InChI is InChI=1S/C37H56OS3/c1-4-7-10-13-16-19-22-30-25-34(39-29-30)36-32(24-21-18-15-12-9-6-3)27-35(41-36)37-31(26-33(28-38)40-37)23-20-17-14-11-8-5-2/h25-29H,4-24H2,1-3H3. The van der Waals surface area contributed by atoms with Crippen LogP contribution in [-0.2, 0) is 19.3 Å². The number of aryl methyl sites for hydroxylation is 3. The highest BCUT2D eigenvalue weighted by Crippen LogP contribution is 2.45. The molecule has 228 valence electrons. The average molecular weight is 613 g/mol. The summed E-state index contributed by atoms with van der Waals surface area (Å²) in [6.45, 7) is 6.86. The molecule has 4 heteroatoms. The first-order valence-electron chi connectivity index (χ1n) is 17.0. The number of carbonyl (C=O) groups excluding carboxylic acids is 1. The maximum absolute atomic E-state index is 11.8. The second-order valence-electron chi connectivity index (χ2n) is 12.0. The first kappa shape index (κ1) is 34.3. The summed E-state index contributed by atoms with van der Waals surface area (Å²) in [6, 6.07) is 7.15. The van der Waals surface area contributed by atoms with Crippen molar-refractivity contribution in [2.45, 2.75) is 156 Å². The number of unbranched alkanes of at least 4 members (excludes halogenated alkanes) is 15. The quantitative estimate of drug-likeness (QED) is 0.0726. The first-order valence-corrected chi connectivity index (χ1v) is 19.5. The summed E-state index contributed by atoms with van der Waals surface area (Å²) in [6.07, 6.45) is 28.5. The minimum absolute atomic E-state index is 0.880. The van der Waals surface area contributed by atoms with E-state index in [9.17, 15) is 4.79 Å². The van der Waals surface area contributed by atoms with Gasteiger partial charge in [0, 0.05) is 19.5 Å². The molecule has 0 saturated carbocycles. The van der Waals surface area contributed by atoms with Gasteiger partial charge in [0.2, 0.25) is 0 Å². The summed E-state index contributed by atoms with van der Waals surface area (Å²) in [5.74, 6) is 0. The smallest absolute Gasteiger partial charge is 0.160 e. The van der Waals surface area contributed by atoms with E-state index in [0.717, 1.165) is 17.6 Å². The number of hydrogen-bond donors (Lipinski definition) is 0. The molecule has 0 aliphatic heterocycles. The zero-order valence-corrected chi connectivity index (χ0v) is 28.8. The zero-order valence-electron chi connectivity index (χ0n) is 26.4. The molecule has 0 aromatic carbocycles. The molecule has 3 aromatic heterocycles. The van der Waals surface area contributed by atoms with Crippen LogP contribution >= 0.6 is 34.0 Å². The van der Waals surface area contributed by atoms with Crippen LogP contribution in [-0.4, -0.2) is 6.29 Å². The molecule has 0 fully saturated rings. The molecule has 1 nitrogen and oxygen atoms in total. The summed E-state index contributed by atoms with van der Waals surface area (Å²) >= 11 is 5.63. The van der Waals surface area contributed by atoms with Crippen LogP contribution in [0.2, 0.25) is 0 Å². The van der Waals surface area contributed by atoms with Gasteiger partial charge in [-0.25, -0.2) is 0 Å². The maximum atomic E-state index is 11.8. The monoisotopic (exact) mass is 612 g/mol. The van der Waals surface area contributed by atoms with Gasteiger partial charge in [-0.1, -0.05) is 117 Å². The van der Waals surface area contributed by atoms with Crippen LogP contribution in [0, 0.1) is 0 Å². The number of thiophene rings is 3. The van der Waals surface area contributed by atoms with Crippen LogP contribution in [0.4, 0.5) is 0 Å². The highest BCUT2D eigenvalue weighted by molar-refractivity contribution is 7.26. The molecule has 0 saturated heterocycles. The Kier molecular flexibility index (Phi) is 17.2. The Labute approximate surface area is 264 Å². The molecule has 0 unspecified atom stereocenters. The van der Waals surface area contributed by atoms with Crippen molar-refractivity contribution < 1.29 is 4.79 Å². The second-order valence-corrected chi connectivity index (χ2v) is 15.0. The highest BCUT2D eigenvalue weighted by atomic mass is 32.1. The van der Waals surface area contributed by atoms with Gasteiger partial charge in [0.1, 0.15) is 0 Å². The minimum atomic E-state index is 0.880. The van der Waals surface area contributed by atoms with E-state index in [2.05, 4.69) is 44.4 Å². The van der Waals surface area contributed by atoms with Crippen molar-refractivity contribution >= 4 is 40.3 Å². The van der Waals surface area contributed by atoms with Crippen LogP contribution in [0.25, 0.3) is 19.5 Å². The molecule has 0 radical (unpaired) electrons. The maximum Gasteiger partial charge on any atom is 0.160 e. The molecular weight excluding hydrogens is 557 g/mol. The van der Waals surface area contributed by atoms with Gasteiger partial charge in [-0.15, -0.1) is 34.0 Å². The fourth-order valence-corrected chi connectivity index (χ4v) is 9.24. The molecular formula is C37H56OS3. The molecule has 3 aromatic rings. The summed E-state index contributed by atoms with van der Waals surface area (Å²) in [7, 11) is 0. The lowest BCUT2D eigenvalue weighted by Crippen LogP contribution is -1.87. The highest BCUT2D eigenvalue weighted by Gasteiger charge is 2.18. The lowest BCUT2D eigenvalue weighted by atomic mass is 10.0. The molecule has 0 bridgehead atoms. The van der Waals surface area contributed by atoms with E-state index in [1.807, 2.05) is 22.7 Å². The van der Waals surface area contributed by atoms with Crippen LogP contribution in [0.5, 0.6) is 0 Å². The summed E-state index contributed by atoms with van der Waals surface area (Å²) in [5, 5.41) is 2.41. The molecule has 0 amide bonds. The lowest BCUT2D eigenvalue weighted by molar-refractivity contribution is 0.112. The van der Waals surface area contributed by atoms with Crippen molar-refractivity contribution in [3.63, 3.8) is 0 Å². The Bertz CT molecular complexity index is 1100. The molecule has 0 aliphatic rings.